The third-order valence-electron chi connectivity index (χ3n) is 3.22. The summed E-state index contributed by atoms with van der Waals surface area (Å²) in [6, 6.07) is 7.44. The number of aryl methyl sites for hydroxylation is 1. The molecule has 1 aromatic heterocycles. The number of amides is 1. The van der Waals surface area contributed by atoms with Crippen molar-refractivity contribution in [3.05, 3.63) is 47.2 Å². The van der Waals surface area contributed by atoms with Crippen LogP contribution in [0.5, 0.6) is 11.6 Å². The molecule has 0 aliphatic heterocycles. The summed E-state index contributed by atoms with van der Waals surface area (Å²) in [5, 5.41) is 0. The van der Waals surface area contributed by atoms with E-state index in [1.165, 1.54) is 12.3 Å². The average Bonchev–Trinajstić information content (AvgIpc) is 2.42. The van der Waals surface area contributed by atoms with Crippen LogP contribution in [0.25, 0.3) is 0 Å². The molecule has 5 nitrogen and oxygen atoms in total. The lowest BCUT2D eigenvalue weighted by molar-refractivity contribution is 0.0997. The first-order valence-electron chi connectivity index (χ1n) is 6.72. The first-order chi connectivity index (χ1) is 9.88. The van der Waals surface area contributed by atoms with Crippen molar-refractivity contribution in [2.45, 2.75) is 26.7 Å². The molecule has 4 N–H and O–H groups in total. The molecule has 0 unspecified atom stereocenters. The molecule has 2 aromatic rings. The minimum Gasteiger partial charge on any atom is -0.438 e. The number of pyridine rings is 1. The van der Waals surface area contributed by atoms with Gasteiger partial charge in [0, 0.05) is 0 Å². The molecule has 0 aliphatic carbocycles. The standard InChI is InChI=1S/C16H19N3O2/c1-9(2)11-5-4-10(3)14(6-11)21-16-13(15(18)20)7-12(17)8-19-16/h4-9H,17H2,1-3H3,(H2,18,20). The van der Waals surface area contributed by atoms with Crippen LogP contribution in [0.1, 0.15) is 41.3 Å². The quantitative estimate of drug-likeness (QED) is 0.903. The fraction of sp³-hybridized carbons (Fsp3) is 0.250. The summed E-state index contributed by atoms with van der Waals surface area (Å²) in [5.74, 6) is 0.576. The van der Waals surface area contributed by atoms with Gasteiger partial charge in [-0.25, -0.2) is 4.98 Å². The second-order valence-electron chi connectivity index (χ2n) is 5.27. The summed E-state index contributed by atoms with van der Waals surface area (Å²) in [6.07, 6.45) is 1.43. The molecule has 0 saturated heterocycles. The lowest BCUT2D eigenvalue weighted by Crippen LogP contribution is -2.13. The maximum atomic E-state index is 11.5. The van der Waals surface area contributed by atoms with E-state index in [0.29, 0.717) is 17.4 Å². The number of primary amides is 1. The second-order valence-corrected chi connectivity index (χ2v) is 5.27. The zero-order valence-electron chi connectivity index (χ0n) is 12.4. The highest BCUT2D eigenvalue weighted by atomic mass is 16.5. The van der Waals surface area contributed by atoms with E-state index in [2.05, 4.69) is 24.9 Å². The molecule has 5 heteroatoms. The minimum atomic E-state index is -0.623. The number of nitrogens with zero attached hydrogens (tertiary/aromatic N) is 1. The van der Waals surface area contributed by atoms with Gasteiger partial charge in [0.25, 0.3) is 5.91 Å². The highest BCUT2D eigenvalue weighted by molar-refractivity contribution is 5.95. The van der Waals surface area contributed by atoms with Crippen molar-refractivity contribution in [3.63, 3.8) is 0 Å². The van der Waals surface area contributed by atoms with Gasteiger partial charge in [0.1, 0.15) is 11.3 Å². The van der Waals surface area contributed by atoms with Crippen molar-refractivity contribution in [3.8, 4) is 11.6 Å². The number of nitrogen functional groups attached to an aromatic ring is 1. The van der Waals surface area contributed by atoms with Crippen LogP contribution in [0, 0.1) is 6.92 Å². The van der Waals surface area contributed by atoms with Crippen molar-refractivity contribution in [1.29, 1.82) is 0 Å². The maximum absolute atomic E-state index is 11.5. The van der Waals surface area contributed by atoms with Crippen molar-refractivity contribution in [2.24, 2.45) is 5.73 Å². The van der Waals surface area contributed by atoms with Crippen LogP contribution in [0.4, 0.5) is 5.69 Å². The largest absolute Gasteiger partial charge is 0.438 e. The van der Waals surface area contributed by atoms with E-state index in [4.69, 9.17) is 16.2 Å². The van der Waals surface area contributed by atoms with E-state index >= 15 is 0 Å². The molecule has 110 valence electrons. The second kappa shape index (κ2) is 5.83. The van der Waals surface area contributed by atoms with Crippen LogP contribution >= 0.6 is 0 Å². The minimum absolute atomic E-state index is 0.167. The molecule has 0 aliphatic rings. The van der Waals surface area contributed by atoms with Crippen LogP contribution in [0.2, 0.25) is 0 Å². The van der Waals surface area contributed by atoms with E-state index in [1.807, 2.05) is 19.1 Å². The molecule has 0 saturated carbocycles. The first-order valence-corrected chi connectivity index (χ1v) is 6.72. The van der Waals surface area contributed by atoms with Crippen LogP contribution < -0.4 is 16.2 Å². The summed E-state index contributed by atoms with van der Waals surface area (Å²) in [5.41, 5.74) is 13.6. The Morgan fingerprint density at radius 1 is 1.29 bits per heavy atom. The van der Waals surface area contributed by atoms with Crippen molar-refractivity contribution >= 4 is 11.6 Å². The lowest BCUT2D eigenvalue weighted by Gasteiger charge is -2.13. The third-order valence-corrected chi connectivity index (χ3v) is 3.22. The van der Waals surface area contributed by atoms with Crippen molar-refractivity contribution in [2.75, 3.05) is 5.73 Å². The number of hydrogen-bond donors (Lipinski definition) is 2. The molecule has 0 spiro atoms. The van der Waals surface area contributed by atoms with Gasteiger partial charge in [-0.1, -0.05) is 26.0 Å². The number of nitrogens with two attached hydrogens (primary N) is 2. The molecule has 2 rings (SSSR count). The summed E-state index contributed by atoms with van der Waals surface area (Å²) in [7, 11) is 0. The van der Waals surface area contributed by atoms with Gasteiger partial charge in [-0.05, 0) is 36.1 Å². The monoisotopic (exact) mass is 285 g/mol. The average molecular weight is 285 g/mol. The smallest absolute Gasteiger partial charge is 0.254 e. The van der Waals surface area contributed by atoms with Gasteiger partial charge >= 0.3 is 0 Å². The summed E-state index contributed by atoms with van der Waals surface area (Å²) in [4.78, 5) is 15.5. The van der Waals surface area contributed by atoms with E-state index < -0.39 is 5.91 Å². The van der Waals surface area contributed by atoms with Gasteiger partial charge < -0.3 is 16.2 Å². The van der Waals surface area contributed by atoms with Crippen LogP contribution in [-0.4, -0.2) is 10.9 Å². The predicted molar refractivity (Wildman–Crippen MR) is 82.5 cm³/mol. The zero-order valence-corrected chi connectivity index (χ0v) is 12.4. The molecular weight excluding hydrogens is 266 g/mol. The molecule has 21 heavy (non-hydrogen) atoms. The third kappa shape index (κ3) is 3.31. The molecule has 0 fully saturated rings. The van der Waals surface area contributed by atoms with Gasteiger partial charge in [-0.2, -0.15) is 0 Å². The summed E-state index contributed by atoms with van der Waals surface area (Å²) < 4.78 is 5.78. The number of carbonyl (C=O) groups is 1. The first kappa shape index (κ1) is 14.8. The Bertz CT molecular complexity index is 681. The predicted octanol–water partition coefficient (Wildman–Crippen LogP) is 2.99. The molecular formula is C16H19N3O2. The van der Waals surface area contributed by atoms with Gasteiger partial charge in [-0.15, -0.1) is 0 Å². The van der Waals surface area contributed by atoms with Crippen LogP contribution in [0.3, 0.4) is 0 Å². The van der Waals surface area contributed by atoms with Gasteiger partial charge in [0.05, 0.1) is 11.9 Å². The van der Waals surface area contributed by atoms with Crippen molar-refractivity contribution in [1.82, 2.24) is 4.98 Å². The molecule has 0 radical (unpaired) electrons. The van der Waals surface area contributed by atoms with Gasteiger partial charge in [0.2, 0.25) is 5.88 Å². The van der Waals surface area contributed by atoms with Crippen LogP contribution in [-0.2, 0) is 0 Å². The number of aromatic nitrogens is 1. The van der Waals surface area contributed by atoms with E-state index in [9.17, 15) is 4.79 Å². The zero-order chi connectivity index (χ0) is 15.6. The Morgan fingerprint density at radius 2 is 2.00 bits per heavy atom. The van der Waals surface area contributed by atoms with Crippen molar-refractivity contribution < 1.29 is 9.53 Å². The molecule has 0 atom stereocenters. The van der Waals surface area contributed by atoms with Gasteiger partial charge in [0.15, 0.2) is 0 Å². The Kier molecular flexibility index (Phi) is 4.12. The molecule has 1 amide bonds. The number of benzene rings is 1. The topological polar surface area (TPSA) is 91.2 Å². The highest BCUT2D eigenvalue weighted by Crippen LogP contribution is 2.29. The fourth-order valence-corrected chi connectivity index (χ4v) is 1.92. The number of ether oxygens (including phenoxy) is 1. The number of rotatable bonds is 4. The molecule has 1 aromatic carbocycles. The number of anilines is 1. The number of hydrogen-bond acceptors (Lipinski definition) is 4. The maximum Gasteiger partial charge on any atom is 0.254 e. The Labute approximate surface area is 123 Å². The Morgan fingerprint density at radius 3 is 2.62 bits per heavy atom. The van der Waals surface area contributed by atoms with Crippen LogP contribution in [0.15, 0.2) is 30.5 Å². The number of carbonyl (C=O) groups excluding carboxylic acids is 1. The molecule has 0 bridgehead atoms. The normalized spacial score (nSPS) is 10.7. The summed E-state index contributed by atoms with van der Waals surface area (Å²) >= 11 is 0. The van der Waals surface area contributed by atoms with Gasteiger partial charge in [-0.3, -0.25) is 4.79 Å². The summed E-state index contributed by atoms with van der Waals surface area (Å²) in [6.45, 7) is 6.14. The fourth-order valence-electron chi connectivity index (χ4n) is 1.92. The van der Waals surface area contributed by atoms with E-state index in [1.54, 1.807) is 0 Å². The Balaban J connectivity index is 2.43. The van der Waals surface area contributed by atoms with E-state index in [0.717, 1.165) is 11.1 Å². The Hall–Kier alpha value is -2.56. The highest BCUT2D eigenvalue weighted by Gasteiger charge is 2.14. The van der Waals surface area contributed by atoms with E-state index in [-0.39, 0.29) is 11.4 Å². The lowest BCUT2D eigenvalue weighted by atomic mass is 10.0. The molecule has 1 heterocycles. The SMILES string of the molecule is Cc1ccc(C(C)C)cc1Oc1ncc(N)cc1C(N)=O.